The van der Waals surface area contributed by atoms with Crippen molar-refractivity contribution >= 4 is 5.97 Å². The van der Waals surface area contributed by atoms with Crippen molar-refractivity contribution in [1.82, 2.24) is 10.2 Å². The van der Waals surface area contributed by atoms with Crippen molar-refractivity contribution in [2.24, 2.45) is 11.8 Å². The largest absolute Gasteiger partial charge is 0.481 e. The number of carbonyl (C=O) groups is 1. The van der Waals surface area contributed by atoms with Crippen LogP contribution in [0.1, 0.15) is 51.9 Å². The van der Waals surface area contributed by atoms with E-state index < -0.39 is 5.97 Å². The van der Waals surface area contributed by atoms with Crippen molar-refractivity contribution < 1.29 is 9.90 Å². The molecule has 3 atom stereocenters. The van der Waals surface area contributed by atoms with Gasteiger partial charge in [-0.3, -0.25) is 4.79 Å². The molecule has 1 heterocycles. The zero-order valence-electron chi connectivity index (χ0n) is 12.8. The average molecular weight is 282 g/mol. The molecule has 1 saturated carbocycles. The molecule has 0 radical (unpaired) electrons. The molecular formula is C16H30N2O2. The zero-order valence-corrected chi connectivity index (χ0v) is 12.8. The summed E-state index contributed by atoms with van der Waals surface area (Å²) in [6.07, 6.45) is 7.99. The van der Waals surface area contributed by atoms with E-state index in [1.807, 2.05) is 0 Å². The predicted octanol–water partition coefficient (Wildman–Crippen LogP) is 2.34. The van der Waals surface area contributed by atoms with Crippen molar-refractivity contribution in [2.45, 2.75) is 57.9 Å². The second kappa shape index (κ2) is 7.99. The van der Waals surface area contributed by atoms with E-state index in [0.717, 1.165) is 25.8 Å². The number of aliphatic carboxylic acids is 1. The number of carboxylic acid groups (broad SMARTS) is 1. The van der Waals surface area contributed by atoms with Gasteiger partial charge in [-0.25, -0.2) is 0 Å². The normalized spacial score (nSPS) is 32.1. The summed E-state index contributed by atoms with van der Waals surface area (Å²) in [5.74, 6) is -0.350. The lowest BCUT2D eigenvalue weighted by molar-refractivity contribution is -0.142. The lowest BCUT2D eigenvalue weighted by Gasteiger charge is -2.22. The molecule has 0 aromatic carbocycles. The molecule has 4 nitrogen and oxygen atoms in total. The summed E-state index contributed by atoms with van der Waals surface area (Å²) in [5.41, 5.74) is 0. The first-order chi connectivity index (χ1) is 9.70. The molecule has 0 aromatic rings. The molecule has 1 aliphatic carbocycles. The summed E-state index contributed by atoms with van der Waals surface area (Å²) in [5, 5.41) is 12.9. The number of hydrogen-bond donors (Lipinski definition) is 2. The van der Waals surface area contributed by atoms with E-state index in [-0.39, 0.29) is 5.92 Å². The SMILES string of the molecule is CCCN1CCCC(NCC2CCCC2C(=O)O)CC1. The molecule has 1 saturated heterocycles. The molecule has 1 aliphatic heterocycles. The monoisotopic (exact) mass is 282 g/mol. The highest BCUT2D eigenvalue weighted by Crippen LogP contribution is 2.31. The van der Waals surface area contributed by atoms with E-state index in [1.54, 1.807) is 0 Å². The summed E-state index contributed by atoms with van der Waals surface area (Å²) >= 11 is 0. The summed E-state index contributed by atoms with van der Waals surface area (Å²) in [6, 6.07) is 0.590. The van der Waals surface area contributed by atoms with E-state index >= 15 is 0 Å². The van der Waals surface area contributed by atoms with Gasteiger partial charge in [0.25, 0.3) is 0 Å². The van der Waals surface area contributed by atoms with Gasteiger partial charge in [0.1, 0.15) is 0 Å². The van der Waals surface area contributed by atoms with Crippen LogP contribution in [0.4, 0.5) is 0 Å². The fourth-order valence-electron chi connectivity index (χ4n) is 3.82. The van der Waals surface area contributed by atoms with Crippen LogP contribution in [0.15, 0.2) is 0 Å². The van der Waals surface area contributed by atoms with Crippen LogP contribution in [0, 0.1) is 11.8 Å². The molecule has 20 heavy (non-hydrogen) atoms. The van der Waals surface area contributed by atoms with Gasteiger partial charge in [-0.1, -0.05) is 13.3 Å². The van der Waals surface area contributed by atoms with Crippen molar-refractivity contribution in [1.29, 1.82) is 0 Å². The van der Waals surface area contributed by atoms with Gasteiger partial charge in [0.15, 0.2) is 0 Å². The molecule has 0 aromatic heterocycles. The Balaban J connectivity index is 1.72. The minimum atomic E-state index is -0.593. The van der Waals surface area contributed by atoms with E-state index in [9.17, 15) is 9.90 Å². The number of likely N-dealkylation sites (tertiary alicyclic amines) is 1. The van der Waals surface area contributed by atoms with Gasteiger partial charge in [-0.2, -0.15) is 0 Å². The highest BCUT2D eigenvalue weighted by Gasteiger charge is 2.32. The Morgan fingerprint density at radius 3 is 2.80 bits per heavy atom. The Morgan fingerprint density at radius 2 is 2.05 bits per heavy atom. The maximum absolute atomic E-state index is 11.2. The Labute approximate surface area is 122 Å². The second-order valence-corrected chi connectivity index (χ2v) is 6.51. The number of carboxylic acids is 1. The quantitative estimate of drug-likeness (QED) is 0.785. The highest BCUT2D eigenvalue weighted by molar-refractivity contribution is 5.70. The van der Waals surface area contributed by atoms with Crippen molar-refractivity contribution in [2.75, 3.05) is 26.2 Å². The van der Waals surface area contributed by atoms with Crippen LogP contribution in [0.25, 0.3) is 0 Å². The molecule has 0 bridgehead atoms. The standard InChI is InChI=1S/C16H30N2O2/c1-2-9-18-10-4-6-14(8-11-18)17-12-13-5-3-7-15(13)16(19)20/h13-15,17H,2-12H2,1H3,(H,19,20). The van der Waals surface area contributed by atoms with Crippen molar-refractivity contribution in [3.63, 3.8) is 0 Å². The molecule has 0 amide bonds. The van der Waals surface area contributed by atoms with Gasteiger partial charge < -0.3 is 15.3 Å². The number of nitrogens with zero attached hydrogens (tertiary/aromatic N) is 1. The van der Waals surface area contributed by atoms with Crippen LogP contribution < -0.4 is 5.32 Å². The van der Waals surface area contributed by atoms with Gasteiger partial charge in [-0.15, -0.1) is 0 Å². The third-order valence-electron chi connectivity index (χ3n) is 5.01. The van der Waals surface area contributed by atoms with Crippen LogP contribution >= 0.6 is 0 Å². The fraction of sp³-hybridized carbons (Fsp3) is 0.938. The van der Waals surface area contributed by atoms with Gasteiger partial charge in [-0.05, 0) is 70.6 Å². The first-order valence-electron chi connectivity index (χ1n) is 8.39. The van der Waals surface area contributed by atoms with E-state index in [4.69, 9.17) is 0 Å². The van der Waals surface area contributed by atoms with E-state index in [0.29, 0.717) is 12.0 Å². The Bertz CT molecular complexity index is 309. The summed E-state index contributed by atoms with van der Waals surface area (Å²) in [7, 11) is 0. The molecule has 2 rings (SSSR count). The second-order valence-electron chi connectivity index (χ2n) is 6.51. The first-order valence-corrected chi connectivity index (χ1v) is 8.39. The number of nitrogens with one attached hydrogen (secondary N) is 1. The maximum Gasteiger partial charge on any atom is 0.306 e. The van der Waals surface area contributed by atoms with E-state index in [2.05, 4.69) is 17.1 Å². The molecule has 2 aliphatic rings. The smallest absolute Gasteiger partial charge is 0.306 e. The molecular weight excluding hydrogens is 252 g/mol. The lowest BCUT2D eigenvalue weighted by Crippen LogP contribution is -2.36. The predicted molar refractivity (Wildman–Crippen MR) is 80.8 cm³/mol. The molecule has 3 unspecified atom stereocenters. The highest BCUT2D eigenvalue weighted by atomic mass is 16.4. The van der Waals surface area contributed by atoms with Gasteiger partial charge in [0.05, 0.1) is 5.92 Å². The third kappa shape index (κ3) is 4.45. The van der Waals surface area contributed by atoms with Crippen LogP contribution in [0.5, 0.6) is 0 Å². The van der Waals surface area contributed by atoms with Gasteiger partial charge >= 0.3 is 5.97 Å². The van der Waals surface area contributed by atoms with Crippen LogP contribution in [-0.4, -0.2) is 48.2 Å². The van der Waals surface area contributed by atoms with Crippen LogP contribution in [0.3, 0.4) is 0 Å². The molecule has 2 N–H and O–H groups in total. The number of hydrogen-bond acceptors (Lipinski definition) is 3. The topological polar surface area (TPSA) is 52.6 Å². The summed E-state index contributed by atoms with van der Waals surface area (Å²) in [4.78, 5) is 13.8. The number of rotatable bonds is 6. The Hall–Kier alpha value is -0.610. The minimum Gasteiger partial charge on any atom is -0.481 e. The molecule has 0 spiro atoms. The Kier molecular flexibility index (Phi) is 6.30. The third-order valence-corrected chi connectivity index (χ3v) is 5.01. The van der Waals surface area contributed by atoms with Crippen molar-refractivity contribution in [3.8, 4) is 0 Å². The molecule has 2 fully saturated rings. The van der Waals surface area contributed by atoms with Gasteiger partial charge in [0.2, 0.25) is 0 Å². The Morgan fingerprint density at radius 1 is 1.20 bits per heavy atom. The zero-order chi connectivity index (χ0) is 14.4. The van der Waals surface area contributed by atoms with Gasteiger partial charge in [0, 0.05) is 6.04 Å². The molecule has 116 valence electrons. The minimum absolute atomic E-state index is 0.107. The average Bonchev–Trinajstić information content (AvgIpc) is 2.79. The van der Waals surface area contributed by atoms with Crippen LogP contribution in [0.2, 0.25) is 0 Å². The fourth-order valence-corrected chi connectivity index (χ4v) is 3.82. The summed E-state index contributed by atoms with van der Waals surface area (Å²) < 4.78 is 0. The first kappa shape index (κ1) is 15.8. The van der Waals surface area contributed by atoms with E-state index in [1.165, 1.54) is 45.3 Å². The molecule has 4 heteroatoms. The lowest BCUT2D eigenvalue weighted by atomic mass is 9.95. The van der Waals surface area contributed by atoms with Crippen LogP contribution in [-0.2, 0) is 4.79 Å². The summed E-state index contributed by atoms with van der Waals surface area (Å²) in [6.45, 7) is 6.78. The van der Waals surface area contributed by atoms with Crippen molar-refractivity contribution in [3.05, 3.63) is 0 Å². The maximum atomic E-state index is 11.2.